The molecule has 2 N–H and O–H groups in total. The van der Waals surface area contributed by atoms with E-state index in [-0.39, 0.29) is 13.2 Å². The van der Waals surface area contributed by atoms with Crippen LogP contribution >= 0.6 is 0 Å². The highest BCUT2D eigenvalue weighted by molar-refractivity contribution is 5.94. The molecule has 2 amide bonds. The molecule has 0 aromatic heterocycles. The standard InChI is InChI=1S/C13H20N2O5/c1-3-19-9(16)12(5-6-12)14-11(18)15-13(7-8-13)10(17)20-4-2/h3-8H2,1-2H3,(H2,14,15,18). The van der Waals surface area contributed by atoms with Crippen molar-refractivity contribution in [3.05, 3.63) is 0 Å². The van der Waals surface area contributed by atoms with Gasteiger partial charge >= 0.3 is 18.0 Å². The van der Waals surface area contributed by atoms with Crippen LogP contribution in [-0.4, -0.2) is 42.3 Å². The molecule has 7 nitrogen and oxygen atoms in total. The normalized spacial score (nSPS) is 20.5. The topological polar surface area (TPSA) is 93.7 Å². The number of carbonyl (C=O) groups excluding carboxylic acids is 3. The maximum atomic E-state index is 11.9. The van der Waals surface area contributed by atoms with Gasteiger partial charge < -0.3 is 20.1 Å². The van der Waals surface area contributed by atoms with Crippen molar-refractivity contribution >= 4 is 18.0 Å². The fourth-order valence-electron chi connectivity index (χ4n) is 2.01. The summed E-state index contributed by atoms with van der Waals surface area (Å²) in [5.74, 6) is -0.840. The highest BCUT2D eigenvalue weighted by atomic mass is 16.5. The van der Waals surface area contributed by atoms with E-state index >= 15 is 0 Å². The van der Waals surface area contributed by atoms with E-state index in [2.05, 4.69) is 10.6 Å². The van der Waals surface area contributed by atoms with E-state index in [4.69, 9.17) is 9.47 Å². The van der Waals surface area contributed by atoms with E-state index in [1.54, 1.807) is 13.8 Å². The Morgan fingerprint density at radius 1 is 0.850 bits per heavy atom. The number of hydrogen-bond acceptors (Lipinski definition) is 5. The SMILES string of the molecule is CCOC(=O)C1(NC(=O)NC2(C(=O)OCC)CC2)CC1. The van der Waals surface area contributed by atoms with E-state index in [1.807, 2.05) is 0 Å². The van der Waals surface area contributed by atoms with Crippen LogP contribution in [0, 0.1) is 0 Å². The third-order valence-electron chi connectivity index (χ3n) is 3.54. The molecule has 0 radical (unpaired) electrons. The van der Waals surface area contributed by atoms with Gasteiger partial charge in [0.2, 0.25) is 0 Å². The number of rotatable bonds is 6. The minimum absolute atomic E-state index is 0.274. The average Bonchev–Trinajstić information content (AvgIpc) is 3.27. The van der Waals surface area contributed by atoms with Crippen LogP contribution in [0.3, 0.4) is 0 Å². The van der Waals surface area contributed by atoms with Gasteiger partial charge in [-0.05, 0) is 39.5 Å². The molecule has 0 bridgehead atoms. The minimum Gasteiger partial charge on any atom is -0.464 e. The zero-order chi connectivity index (χ0) is 14.8. The summed E-state index contributed by atoms with van der Waals surface area (Å²) in [4.78, 5) is 35.4. The van der Waals surface area contributed by atoms with Gasteiger partial charge in [0.15, 0.2) is 0 Å². The van der Waals surface area contributed by atoms with Crippen molar-refractivity contribution < 1.29 is 23.9 Å². The summed E-state index contributed by atoms with van der Waals surface area (Å²) in [6, 6.07) is -0.527. The average molecular weight is 284 g/mol. The molecule has 0 aromatic carbocycles. The van der Waals surface area contributed by atoms with Crippen LogP contribution < -0.4 is 10.6 Å². The molecule has 0 aliphatic heterocycles. The molecular weight excluding hydrogens is 264 g/mol. The molecule has 0 unspecified atom stereocenters. The van der Waals surface area contributed by atoms with E-state index in [1.165, 1.54) is 0 Å². The van der Waals surface area contributed by atoms with Crippen molar-refractivity contribution in [1.29, 1.82) is 0 Å². The van der Waals surface area contributed by atoms with Crippen LogP contribution in [0.1, 0.15) is 39.5 Å². The first-order chi connectivity index (χ1) is 9.48. The van der Waals surface area contributed by atoms with Crippen molar-refractivity contribution in [3.63, 3.8) is 0 Å². The lowest BCUT2D eigenvalue weighted by Gasteiger charge is -2.20. The van der Waals surface area contributed by atoms with Crippen molar-refractivity contribution in [2.75, 3.05) is 13.2 Å². The zero-order valence-electron chi connectivity index (χ0n) is 11.8. The van der Waals surface area contributed by atoms with E-state index in [9.17, 15) is 14.4 Å². The number of hydrogen-bond donors (Lipinski definition) is 2. The highest BCUT2D eigenvalue weighted by Crippen LogP contribution is 2.39. The number of nitrogens with one attached hydrogen (secondary N) is 2. The predicted octanol–water partition coefficient (Wildman–Crippen LogP) is 0.477. The third kappa shape index (κ3) is 2.86. The Bertz CT molecular complexity index is 388. The van der Waals surface area contributed by atoms with Gasteiger partial charge in [-0.3, -0.25) is 0 Å². The van der Waals surface area contributed by atoms with Crippen LogP contribution in [0.15, 0.2) is 0 Å². The quantitative estimate of drug-likeness (QED) is 0.692. The number of urea groups is 1. The Morgan fingerprint density at radius 3 is 1.45 bits per heavy atom. The number of ether oxygens (including phenoxy) is 2. The summed E-state index contributed by atoms with van der Waals surface area (Å²) >= 11 is 0. The first kappa shape index (κ1) is 14.6. The van der Waals surface area contributed by atoms with Gasteiger partial charge in [0, 0.05) is 0 Å². The number of esters is 2. The van der Waals surface area contributed by atoms with Gasteiger partial charge in [-0.1, -0.05) is 0 Å². The Balaban J connectivity index is 1.87. The highest BCUT2D eigenvalue weighted by Gasteiger charge is 2.56. The summed E-state index contributed by atoms with van der Waals surface area (Å²) in [6.07, 6.45) is 2.24. The van der Waals surface area contributed by atoms with Gasteiger partial charge in [0.05, 0.1) is 13.2 Å². The monoisotopic (exact) mass is 284 g/mol. The molecule has 2 rings (SSSR count). The second-order valence-corrected chi connectivity index (χ2v) is 5.18. The summed E-state index contributed by atoms with van der Waals surface area (Å²) in [5, 5.41) is 5.23. The lowest BCUT2D eigenvalue weighted by Crippen LogP contribution is -2.54. The van der Waals surface area contributed by atoms with Crippen LogP contribution in [0.5, 0.6) is 0 Å². The van der Waals surface area contributed by atoms with Crippen LogP contribution in [0.2, 0.25) is 0 Å². The van der Waals surface area contributed by atoms with Crippen molar-refractivity contribution in [3.8, 4) is 0 Å². The predicted molar refractivity (Wildman–Crippen MR) is 68.9 cm³/mol. The van der Waals surface area contributed by atoms with E-state index in [0.717, 1.165) is 0 Å². The fraction of sp³-hybridized carbons (Fsp3) is 0.769. The Hall–Kier alpha value is -1.79. The summed E-state index contributed by atoms with van der Waals surface area (Å²) in [6.45, 7) is 3.98. The summed E-state index contributed by atoms with van der Waals surface area (Å²) in [7, 11) is 0. The van der Waals surface area contributed by atoms with E-state index < -0.39 is 29.0 Å². The molecule has 0 heterocycles. The molecule has 2 aliphatic rings. The molecule has 2 fully saturated rings. The van der Waals surface area contributed by atoms with Crippen LogP contribution in [0.4, 0.5) is 4.79 Å². The molecule has 0 spiro atoms. The zero-order valence-corrected chi connectivity index (χ0v) is 11.8. The Morgan fingerprint density at radius 2 is 1.20 bits per heavy atom. The smallest absolute Gasteiger partial charge is 0.331 e. The third-order valence-corrected chi connectivity index (χ3v) is 3.54. The second-order valence-electron chi connectivity index (χ2n) is 5.18. The molecule has 7 heteroatoms. The summed E-state index contributed by atoms with van der Waals surface area (Å²) in [5.41, 5.74) is -1.82. The van der Waals surface area contributed by atoms with Crippen molar-refractivity contribution in [2.45, 2.75) is 50.6 Å². The Labute approximate surface area is 117 Å². The van der Waals surface area contributed by atoms with Gasteiger partial charge in [-0.2, -0.15) is 0 Å². The number of amides is 2. The molecule has 20 heavy (non-hydrogen) atoms. The van der Waals surface area contributed by atoms with Gasteiger partial charge in [-0.15, -0.1) is 0 Å². The van der Waals surface area contributed by atoms with Crippen molar-refractivity contribution in [2.24, 2.45) is 0 Å². The molecule has 2 aliphatic carbocycles. The maximum absolute atomic E-state index is 11.9. The van der Waals surface area contributed by atoms with Gasteiger partial charge in [0.25, 0.3) is 0 Å². The molecule has 0 aromatic rings. The van der Waals surface area contributed by atoms with Crippen LogP contribution in [0.25, 0.3) is 0 Å². The van der Waals surface area contributed by atoms with E-state index in [0.29, 0.717) is 25.7 Å². The minimum atomic E-state index is -0.912. The van der Waals surface area contributed by atoms with Gasteiger partial charge in [-0.25, -0.2) is 14.4 Å². The van der Waals surface area contributed by atoms with Crippen molar-refractivity contribution in [1.82, 2.24) is 10.6 Å². The Kier molecular flexibility index (Phi) is 3.87. The lowest BCUT2D eigenvalue weighted by atomic mass is 10.2. The first-order valence-electron chi connectivity index (χ1n) is 6.93. The fourth-order valence-corrected chi connectivity index (χ4v) is 2.01. The summed E-state index contributed by atoms with van der Waals surface area (Å²) < 4.78 is 9.86. The second kappa shape index (κ2) is 5.30. The lowest BCUT2D eigenvalue weighted by molar-refractivity contribution is -0.146. The molecule has 0 saturated heterocycles. The number of carbonyl (C=O) groups is 3. The van der Waals surface area contributed by atoms with Crippen LogP contribution in [-0.2, 0) is 19.1 Å². The molecule has 0 atom stereocenters. The molecule has 112 valence electrons. The van der Waals surface area contributed by atoms with Gasteiger partial charge in [0.1, 0.15) is 11.1 Å². The maximum Gasteiger partial charge on any atom is 0.331 e. The molecule has 2 saturated carbocycles. The molecular formula is C13H20N2O5. The first-order valence-corrected chi connectivity index (χ1v) is 6.93. The largest absolute Gasteiger partial charge is 0.464 e.